The quantitative estimate of drug-likeness (QED) is 0.821. The molecule has 0 spiro atoms. The molecule has 1 heterocycles. The number of nitrogens with zero attached hydrogens (tertiary/aromatic N) is 1. The highest BCUT2D eigenvalue weighted by Gasteiger charge is 2.40. The Kier molecular flexibility index (Phi) is 4.85. The number of rotatable bonds is 5. The van der Waals surface area contributed by atoms with Crippen molar-refractivity contribution in [2.75, 3.05) is 39.5 Å². The highest BCUT2D eigenvalue weighted by atomic mass is 16.5. The minimum absolute atomic E-state index is 0.0174. The van der Waals surface area contributed by atoms with E-state index in [2.05, 4.69) is 46.4 Å². The van der Waals surface area contributed by atoms with Crippen LogP contribution in [0.3, 0.4) is 0 Å². The average Bonchev–Trinajstić information content (AvgIpc) is 2.05. The lowest BCUT2D eigenvalue weighted by Crippen LogP contribution is -2.55. The van der Waals surface area contributed by atoms with Crippen LogP contribution in [0, 0.1) is 16.2 Å². The fraction of sp³-hybridized carbons (Fsp3) is 1.00. The van der Waals surface area contributed by atoms with E-state index in [0.717, 1.165) is 19.6 Å². The molecule has 3 nitrogen and oxygen atoms in total. The average molecular weight is 257 g/mol. The van der Waals surface area contributed by atoms with Crippen molar-refractivity contribution in [3.05, 3.63) is 0 Å². The van der Waals surface area contributed by atoms with Crippen LogP contribution in [0.15, 0.2) is 0 Å². The highest BCUT2D eigenvalue weighted by Crippen LogP contribution is 2.30. The van der Waals surface area contributed by atoms with Gasteiger partial charge in [0.2, 0.25) is 0 Å². The maximum absolute atomic E-state index is 9.58. The highest BCUT2D eigenvalue weighted by molar-refractivity contribution is 4.90. The Morgan fingerprint density at radius 2 is 1.44 bits per heavy atom. The van der Waals surface area contributed by atoms with E-state index in [9.17, 15) is 5.11 Å². The van der Waals surface area contributed by atoms with Gasteiger partial charge in [0, 0.05) is 19.6 Å². The van der Waals surface area contributed by atoms with Crippen LogP contribution in [-0.2, 0) is 4.74 Å². The van der Waals surface area contributed by atoms with Gasteiger partial charge in [0.05, 0.1) is 25.2 Å². The standard InChI is InChI=1S/C15H31NO2/c1-13(2,3)7-16(8-14(4,5)6)9-15(10-17)11-18-12-15/h17H,7-12H2,1-6H3. The summed E-state index contributed by atoms with van der Waals surface area (Å²) < 4.78 is 5.30. The van der Waals surface area contributed by atoms with Crippen LogP contribution in [0.4, 0.5) is 0 Å². The Hall–Kier alpha value is -0.120. The Balaban J connectivity index is 2.65. The van der Waals surface area contributed by atoms with Gasteiger partial charge in [0.15, 0.2) is 0 Å². The topological polar surface area (TPSA) is 32.7 Å². The first kappa shape index (κ1) is 15.9. The van der Waals surface area contributed by atoms with Crippen LogP contribution in [0.25, 0.3) is 0 Å². The van der Waals surface area contributed by atoms with E-state index in [1.54, 1.807) is 0 Å². The molecular formula is C15H31NO2. The molecular weight excluding hydrogens is 226 g/mol. The lowest BCUT2D eigenvalue weighted by Gasteiger charge is -2.46. The van der Waals surface area contributed by atoms with Gasteiger partial charge in [-0.3, -0.25) is 0 Å². The lowest BCUT2D eigenvalue weighted by molar-refractivity contribution is -0.151. The maximum Gasteiger partial charge on any atom is 0.0579 e. The lowest BCUT2D eigenvalue weighted by atomic mass is 9.84. The number of hydrogen-bond acceptors (Lipinski definition) is 3. The molecule has 1 saturated heterocycles. The number of aliphatic hydroxyl groups is 1. The van der Waals surface area contributed by atoms with Crippen LogP contribution in [0.5, 0.6) is 0 Å². The van der Waals surface area contributed by atoms with E-state index >= 15 is 0 Å². The number of aliphatic hydroxyl groups excluding tert-OH is 1. The summed E-state index contributed by atoms with van der Waals surface area (Å²) >= 11 is 0. The first-order chi connectivity index (χ1) is 8.05. The second kappa shape index (κ2) is 5.48. The molecule has 1 aliphatic rings. The summed E-state index contributed by atoms with van der Waals surface area (Å²) in [5.41, 5.74) is 0.551. The molecule has 0 atom stereocenters. The van der Waals surface area contributed by atoms with Gasteiger partial charge in [-0.2, -0.15) is 0 Å². The summed E-state index contributed by atoms with van der Waals surface area (Å²) in [4.78, 5) is 2.50. The van der Waals surface area contributed by atoms with Crippen molar-refractivity contribution in [1.82, 2.24) is 4.90 Å². The van der Waals surface area contributed by atoms with Gasteiger partial charge in [0.1, 0.15) is 0 Å². The van der Waals surface area contributed by atoms with Crippen LogP contribution in [0.1, 0.15) is 41.5 Å². The Morgan fingerprint density at radius 1 is 1.00 bits per heavy atom. The molecule has 3 heteroatoms. The summed E-state index contributed by atoms with van der Waals surface area (Å²) in [5, 5.41) is 9.58. The second-order valence-electron chi connectivity index (χ2n) is 8.42. The minimum Gasteiger partial charge on any atom is -0.396 e. The maximum atomic E-state index is 9.58. The molecule has 0 aromatic heterocycles. The zero-order valence-electron chi connectivity index (χ0n) is 13.0. The van der Waals surface area contributed by atoms with E-state index in [1.807, 2.05) is 0 Å². The van der Waals surface area contributed by atoms with Crippen molar-refractivity contribution >= 4 is 0 Å². The Bertz CT molecular complexity index is 237. The van der Waals surface area contributed by atoms with Gasteiger partial charge >= 0.3 is 0 Å². The predicted octanol–water partition coefficient (Wildman–Crippen LogP) is 2.39. The molecule has 0 amide bonds. The summed E-state index contributed by atoms with van der Waals surface area (Å²) in [7, 11) is 0. The monoisotopic (exact) mass is 257 g/mol. The molecule has 0 bridgehead atoms. The smallest absolute Gasteiger partial charge is 0.0579 e. The molecule has 0 aromatic carbocycles. The van der Waals surface area contributed by atoms with Gasteiger partial charge in [-0.05, 0) is 10.8 Å². The molecule has 0 saturated carbocycles. The van der Waals surface area contributed by atoms with Crippen LogP contribution >= 0.6 is 0 Å². The molecule has 1 aliphatic heterocycles. The molecule has 108 valence electrons. The zero-order chi connectivity index (χ0) is 14.0. The molecule has 0 unspecified atom stereocenters. The third-order valence-corrected chi connectivity index (χ3v) is 3.11. The van der Waals surface area contributed by atoms with Crippen LogP contribution in [0.2, 0.25) is 0 Å². The SMILES string of the molecule is CC(C)(C)CN(CC(C)(C)C)CC1(CO)COC1. The summed E-state index contributed by atoms with van der Waals surface area (Å²) in [5.74, 6) is 0. The van der Waals surface area contributed by atoms with Gasteiger partial charge in [-0.15, -0.1) is 0 Å². The minimum atomic E-state index is -0.0174. The van der Waals surface area contributed by atoms with Crippen molar-refractivity contribution in [3.8, 4) is 0 Å². The third-order valence-electron chi connectivity index (χ3n) is 3.11. The zero-order valence-corrected chi connectivity index (χ0v) is 13.0. The molecule has 0 aromatic rings. The van der Waals surface area contributed by atoms with Crippen LogP contribution < -0.4 is 0 Å². The first-order valence-electron chi connectivity index (χ1n) is 6.96. The van der Waals surface area contributed by atoms with E-state index in [0.29, 0.717) is 13.2 Å². The second-order valence-corrected chi connectivity index (χ2v) is 8.42. The van der Waals surface area contributed by atoms with E-state index in [1.165, 1.54) is 0 Å². The van der Waals surface area contributed by atoms with Crippen molar-refractivity contribution in [2.45, 2.75) is 41.5 Å². The first-order valence-corrected chi connectivity index (χ1v) is 6.96. The molecule has 1 fully saturated rings. The molecule has 1 N–H and O–H groups in total. The normalized spacial score (nSPS) is 20.0. The van der Waals surface area contributed by atoms with Crippen molar-refractivity contribution in [2.24, 2.45) is 16.2 Å². The van der Waals surface area contributed by atoms with Gasteiger partial charge in [0.25, 0.3) is 0 Å². The van der Waals surface area contributed by atoms with Crippen LogP contribution in [-0.4, -0.2) is 49.5 Å². The van der Waals surface area contributed by atoms with E-state index in [-0.39, 0.29) is 22.9 Å². The van der Waals surface area contributed by atoms with Crippen molar-refractivity contribution in [3.63, 3.8) is 0 Å². The number of hydrogen-bond donors (Lipinski definition) is 1. The van der Waals surface area contributed by atoms with Gasteiger partial charge in [-0.1, -0.05) is 41.5 Å². The summed E-state index contributed by atoms with van der Waals surface area (Å²) in [6, 6.07) is 0. The largest absolute Gasteiger partial charge is 0.396 e. The van der Waals surface area contributed by atoms with Gasteiger partial charge in [-0.25, -0.2) is 0 Å². The Morgan fingerprint density at radius 3 is 1.67 bits per heavy atom. The summed E-state index contributed by atoms with van der Waals surface area (Å²) in [6.07, 6.45) is 0. The van der Waals surface area contributed by atoms with E-state index < -0.39 is 0 Å². The fourth-order valence-corrected chi connectivity index (χ4v) is 2.61. The Labute approximate surface area is 113 Å². The molecule has 18 heavy (non-hydrogen) atoms. The molecule has 1 rings (SSSR count). The van der Waals surface area contributed by atoms with E-state index in [4.69, 9.17) is 4.74 Å². The fourth-order valence-electron chi connectivity index (χ4n) is 2.61. The number of ether oxygens (including phenoxy) is 1. The predicted molar refractivity (Wildman–Crippen MR) is 75.7 cm³/mol. The summed E-state index contributed by atoms with van der Waals surface area (Å²) in [6.45, 7) is 18.3. The third kappa shape index (κ3) is 5.25. The molecule has 0 radical (unpaired) electrons. The van der Waals surface area contributed by atoms with Crippen molar-refractivity contribution in [1.29, 1.82) is 0 Å². The molecule has 0 aliphatic carbocycles. The van der Waals surface area contributed by atoms with Crippen molar-refractivity contribution < 1.29 is 9.84 Å². The van der Waals surface area contributed by atoms with Gasteiger partial charge < -0.3 is 14.7 Å².